The summed E-state index contributed by atoms with van der Waals surface area (Å²) in [5.41, 5.74) is 1.23. The molecule has 0 radical (unpaired) electrons. The van der Waals surface area contributed by atoms with Crippen molar-refractivity contribution in [2.24, 2.45) is 5.92 Å². The molecule has 0 unspecified atom stereocenters. The average molecular weight is 210 g/mol. The zero-order valence-corrected chi connectivity index (χ0v) is 8.29. The molecule has 1 aliphatic heterocycles. The molecule has 0 saturated carbocycles. The minimum absolute atomic E-state index is 0.118. The third-order valence-corrected chi connectivity index (χ3v) is 2.63. The van der Waals surface area contributed by atoms with Crippen LogP contribution in [0.3, 0.4) is 0 Å². The van der Waals surface area contributed by atoms with Gasteiger partial charge in [0.1, 0.15) is 18.2 Å². The van der Waals surface area contributed by atoms with Gasteiger partial charge in [-0.25, -0.2) is 4.39 Å². The van der Waals surface area contributed by atoms with Crippen molar-refractivity contribution in [2.75, 3.05) is 6.61 Å². The first kappa shape index (κ1) is 9.96. The Morgan fingerprint density at radius 1 is 1.60 bits per heavy atom. The first-order valence-electron chi connectivity index (χ1n) is 4.73. The van der Waals surface area contributed by atoms with Gasteiger partial charge in [-0.2, -0.15) is 0 Å². The molecule has 80 valence electrons. The molecule has 4 heteroatoms. The lowest BCUT2D eigenvalue weighted by Gasteiger charge is -2.24. The van der Waals surface area contributed by atoms with Crippen molar-refractivity contribution in [3.05, 3.63) is 29.1 Å². The van der Waals surface area contributed by atoms with Crippen LogP contribution in [-0.4, -0.2) is 17.7 Å². The lowest BCUT2D eigenvalue weighted by atomic mass is 9.95. The second kappa shape index (κ2) is 3.53. The van der Waals surface area contributed by atoms with E-state index >= 15 is 0 Å². The van der Waals surface area contributed by atoms with Gasteiger partial charge in [0, 0.05) is 5.56 Å². The third kappa shape index (κ3) is 1.67. The lowest BCUT2D eigenvalue weighted by molar-refractivity contribution is -0.143. The zero-order chi connectivity index (χ0) is 11.0. The van der Waals surface area contributed by atoms with Crippen molar-refractivity contribution < 1.29 is 19.0 Å². The first-order valence-corrected chi connectivity index (χ1v) is 4.73. The van der Waals surface area contributed by atoms with Crippen LogP contribution in [0.4, 0.5) is 4.39 Å². The van der Waals surface area contributed by atoms with E-state index in [-0.39, 0.29) is 18.8 Å². The van der Waals surface area contributed by atoms with Crippen LogP contribution in [0.1, 0.15) is 11.1 Å². The van der Waals surface area contributed by atoms with Gasteiger partial charge in [0.2, 0.25) is 0 Å². The van der Waals surface area contributed by atoms with Gasteiger partial charge in [-0.05, 0) is 25.0 Å². The second-order valence-corrected chi connectivity index (χ2v) is 3.72. The van der Waals surface area contributed by atoms with Gasteiger partial charge in [-0.3, -0.25) is 4.79 Å². The molecule has 1 aromatic rings. The Morgan fingerprint density at radius 2 is 2.33 bits per heavy atom. The molecule has 0 bridgehead atoms. The van der Waals surface area contributed by atoms with Gasteiger partial charge >= 0.3 is 5.97 Å². The topological polar surface area (TPSA) is 46.5 Å². The van der Waals surface area contributed by atoms with Gasteiger partial charge in [-0.15, -0.1) is 0 Å². The van der Waals surface area contributed by atoms with Crippen molar-refractivity contribution in [2.45, 2.75) is 13.3 Å². The molecule has 3 nitrogen and oxygen atoms in total. The molecule has 1 aromatic carbocycles. The van der Waals surface area contributed by atoms with Crippen molar-refractivity contribution >= 4 is 5.97 Å². The molecule has 1 aliphatic rings. The van der Waals surface area contributed by atoms with E-state index in [1.54, 1.807) is 6.07 Å². The maximum atomic E-state index is 13.4. The highest BCUT2D eigenvalue weighted by Crippen LogP contribution is 2.32. The van der Waals surface area contributed by atoms with E-state index < -0.39 is 11.9 Å². The maximum absolute atomic E-state index is 13.4. The highest BCUT2D eigenvalue weighted by atomic mass is 19.1. The van der Waals surface area contributed by atoms with Crippen molar-refractivity contribution in [3.8, 4) is 5.75 Å². The molecule has 0 amide bonds. The summed E-state index contributed by atoms with van der Waals surface area (Å²) >= 11 is 0. The fourth-order valence-electron chi connectivity index (χ4n) is 1.76. The predicted octanol–water partition coefficient (Wildman–Crippen LogP) is 1.77. The summed E-state index contributed by atoms with van der Waals surface area (Å²) in [4.78, 5) is 10.8. The van der Waals surface area contributed by atoms with Gasteiger partial charge in [-0.1, -0.05) is 6.07 Å². The summed E-state index contributed by atoms with van der Waals surface area (Å²) in [6.45, 7) is 1.94. The highest BCUT2D eigenvalue weighted by Gasteiger charge is 2.28. The number of ether oxygens (including phenoxy) is 1. The van der Waals surface area contributed by atoms with Gasteiger partial charge in [0.15, 0.2) is 0 Å². The largest absolute Gasteiger partial charge is 0.492 e. The van der Waals surface area contributed by atoms with Crippen LogP contribution in [0, 0.1) is 18.7 Å². The Bertz CT molecular complexity index is 415. The van der Waals surface area contributed by atoms with Crippen LogP contribution < -0.4 is 4.74 Å². The molecule has 1 heterocycles. The molecule has 0 aromatic heterocycles. The molecular formula is C11H11FO3. The van der Waals surface area contributed by atoms with Crippen LogP contribution in [0.5, 0.6) is 5.75 Å². The monoisotopic (exact) mass is 210 g/mol. The van der Waals surface area contributed by atoms with Crippen LogP contribution in [-0.2, 0) is 11.2 Å². The number of halogens is 1. The molecule has 1 atom stereocenters. The van der Waals surface area contributed by atoms with E-state index in [0.717, 1.165) is 5.56 Å². The summed E-state index contributed by atoms with van der Waals surface area (Å²) in [5.74, 6) is -1.47. The Balaban J connectivity index is 2.41. The molecule has 0 saturated heterocycles. The minimum atomic E-state index is -0.943. The predicted molar refractivity (Wildman–Crippen MR) is 51.5 cm³/mol. The van der Waals surface area contributed by atoms with E-state index in [0.29, 0.717) is 11.3 Å². The maximum Gasteiger partial charge on any atom is 0.310 e. The Hall–Kier alpha value is -1.58. The van der Waals surface area contributed by atoms with E-state index in [1.165, 1.54) is 6.07 Å². The quantitative estimate of drug-likeness (QED) is 0.768. The number of carbonyl (C=O) groups is 1. The zero-order valence-electron chi connectivity index (χ0n) is 8.29. The van der Waals surface area contributed by atoms with Gasteiger partial charge in [0.25, 0.3) is 0 Å². The smallest absolute Gasteiger partial charge is 0.310 e. The number of rotatable bonds is 1. The van der Waals surface area contributed by atoms with Crippen molar-refractivity contribution in [3.63, 3.8) is 0 Å². The summed E-state index contributed by atoms with van der Waals surface area (Å²) in [7, 11) is 0. The molecule has 15 heavy (non-hydrogen) atoms. The van der Waals surface area contributed by atoms with Crippen LogP contribution in [0.25, 0.3) is 0 Å². The molecular weight excluding hydrogens is 199 g/mol. The molecule has 0 spiro atoms. The SMILES string of the molecule is Cc1ccc(F)c2c1OC[C@@H](C(=O)O)C2. The highest BCUT2D eigenvalue weighted by molar-refractivity contribution is 5.71. The standard InChI is InChI=1S/C11H11FO3/c1-6-2-3-9(12)8-4-7(11(13)14)5-15-10(6)8/h2-3,7H,4-5H2,1H3,(H,13,14)/t7-/m0/s1. The number of benzene rings is 1. The van der Waals surface area contributed by atoms with Crippen molar-refractivity contribution in [1.29, 1.82) is 0 Å². The molecule has 1 N–H and O–H groups in total. The number of carboxylic acids is 1. The summed E-state index contributed by atoms with van der Waals surface area (Å²) in [5, 5.41) is 8.82. The van der Waals surface area contributed by atoms with Gasteiger partial charge < -0.3 is 9.84 Å². The van der Waals surface area contributed by atoms with Crippen molar-refractivity contribution in [1.82, 2.24) is 0 Å². The van der Waals surface area contributed by atoms with Crippen LogP contribution in [0.15, 0.2) is 12.1 Å². The molecule has 0 aliphatic carbocycles. The number of fused-ring (bicyclic) bond motifs is 1. The number of aliphatic carboxylic acids is 1. The lowest BCUT2D eigenvalue weighted by Crippen LogP contribution is -2.28. The molecule has 2 rings (SSSR count). The Kier molecular flexibility index (Phi) is 2.34. The summed E-state index contributed by atoms with van der Waals surface area (Å²) in [6, 6.07) is 2.98. The summed E-state index contributed by atoms with van der Waals surface area (Å²) < 4.78 is 18.7. The Labute approximate surface area is 86.5 Å². The second-order valence-electron chi connectivity index (χ2n) is 3.72. The van der Waals surface area contributed by atoms with E-state index in [2.05, 4.69) is 0 Å². The van der Waals surface area contributed by atoms with Crippen LogP contribution in [0.2, 0.25) is 0 Å². The number of aryl methyl sites for hydroxylation is 1. The summed E-state index contributed by atoms with van der Waals surface area (Å²) in [6.07, 6.45) is 0.207. The van der Waals surface area contributed by atoms with E-state index in [9.17, 15) is 9.18 Å². The fourth-order valence-corrected chi connectivity index (χ4v) is 1.76. The molecule has 0 fully saturated rings. The number of carboxylic acid groups (broad SMARTS) is 1. The van der Waals surface area contributed by atoms with Crippen LogP contribution >= 0.6 is 0 Å². The van der Waals surface area contributed by atoms with E-state index in [4.69, 9.17) is 9.84 Å². The normalized spacial score (nSPS) is 19.2. The first-order chi connectivity index (χ1) is 7.09. The minimum Gasteiger partial charge on any atom is -0.492 e. The fraction of sp³-hybridized carbons (Fsp3) is 0.364. The Morgan fingerprint density at radius 3 is 3.00 bits per heavy atom. The van der Waals surface area contributed by atoms with E-state index in [1.807, 2.05) is 6.92 Å². The number of hydrogen-bond acceptors (Lipinski definition) is 2. The van der Waals surface area contributed by atoms with Gasteiger partial charge in [0.05, 0.1) is 5.92 Å². The third-order valence-electron chi connectivity index (χ3n) is 2.63. The average Bonchev–Trinajstić information content (AvgIpc) is 2.23. The number of hydrogen-bond donors (Lipinski definition) is 1.